The molecule has 0 radical (unpaired) electrons. The number of unbranched alkanes of at least 4 members (excludes halogenated alkanes) is 2. The van der Waals surface area contributed by atoms with Gasteiger partial charge in [0.25, 0.3) is 23.6 Å². The molecule has 1 fully saturated rings. The molecule has 0 spiro atoms. The Bertz CT molecular complexity index is 3580. The fourth-order valence-electron chi connectivity index (χ4n) is 12.7. The SMILES string of the molecule is CCCO[C@H](C[C@H](C(C)C)N(CCC)C(=O)C(C=NC(=O)[C@H]1CCCCN1C)[C@@H](C)CC)c1nc(C(=O)NC(Cc2ccc(O)cc2)C[C@H](C)C(=O)NNC(=O)OCCOCCOCCOCCNC(=O)OCc2ccc(NC(=O)[C@H](CCCNC(N)=O)NC(=O)[C@@H](NC(=O)CCCCCN3C(=O)C=CC3=O)C(C)C)cc2)cs1. The first kappa shape index (κ1) is 95.1. The Labute approximate surface area is 673 Å². The second kappa shape index (κ2) is 52.1. The summed E-state index contributed by atoms with van der Waals surface area (Å²) >= 11 is 1.28. The number of aromatic nitrogens is 1. The molecule has 9 atom stereocenters. The number of imide groups is 1. The lowest BCUT2D eigenvalue weighted by atomic mass is 9.88. The number of ether oxygens (including phenoxy) is 6. The van der Waals surface area contributed by atoms with Crippen molar-refractivity contribution in [3.8, 4) is 5.75 Å². The molecule has 2 aliphatic heterocycles. The van der Waals surface area contributed by atoms with Crippen molar-refractivity contribution in [3.05, 3.63) is 87.9 Å². The van der Waals surface area contributed by atoms with Crippen LogP contribution in [0.25, 0.3) is 0 Å². The van der Waals surface area contributed by atoms with Gasteiger partial charge in [-0.05, 0) is 131 Å². The molecule has 1 saturated heterocycles. The zero-order chi connectivity index (χ0) is 83.5. The number of rotatable bonds is 52. The number of nitrogens with two attached hydrogens (primary N) is 1. The van der Waals surface area contributed by atoms with Crippen LogP contribution in [0.15, 0.2) is 71.1 Å². The van der Waals surface area contributed by atoms with Crippen molar-refractivity contribution in [3.63, 3.8) is 0 Å². The molecule has 0 saturated carbocycles. The van der Waals surface area contributed by atoms with Crippen molar-refractivity contribution in [2.75, 3.05) is 97.9 Å². The van der Waals surface area contributed by atoms with E-state index in [-0.39, 0.29) is 175 Å². The van der Waals surface area contributed by atoms with E-state index >= 15 is 0 Å². The molecule has 34 heteroatoms. The van der Waals surface area contributed by atoms with E-state index in [9.17, 15) is 62.6 Å². The molecule has 2 unspecified atom stereocenters. The minimum absolute atomic E-state index is 0.00336. The molecule has 1 aromatic heterocycles. The highest BCUT2D eigenvalue weighted by Gasteiger charge is 2.37. The van der Waals surface area contributed by atoms with Gasteiger partial charge in [-0.25, -0.2) is 29.8 Å². The standard InChI is InChI=1S/C80H122N14O19S/c1-11-35-93(77(104)61(54(8)13-3)49-84-74(102)64-21-16-18-36-92(64)10)65(52(4)5)48-66(111-38-12-2)76-88-63(51-114-76)73(101)86-59(47-56-25-29-60(95)30-26-56)46-55(9)71(99)90-91-80(107)112-45-44-110-43-42-109-41-40-108-39-34-83-79(106)113-50-57-23-27-58(28-24-57)85-72(100)62(20-19-33-82-78(81)105)87-75(103)70(53(6)7)89-67(96)22-15-14-17-37-94-68(97)31-32-69(94)98/h23-32,49,51-55,59,61-62,64-66,70,95H,11-22,33-48,50H2,1-10H3,(H,83,106)(H,85,100)(H,86,101)(H,87,103)(H,89,96)(H,90,99)(H,91,107)(H3,81,82,105)/t54-,55-,59?,61?,62-,64+,65+,66+,70-/m0/s1. The third-order valence-corrected chi connectivity index (χ3v) is 20.3. The van der Waals surface area contributed by atoms with Gasteiger partial charge in [0.1, 0.15) is 47.9 Å². The normalized spacial score (nSPS) is 15.8. The smallest absolute Gasteiger partial charge is 0.426 e. The van der Waals surface area contributed by atoms with E-state index in [0.717, 1.165) is 42.7 Å². The molecule has 0 bridgehead atoms. The fourth-order valence-corrected chi connectivity index (χ4v) is 13.5. The number of hydrogen-bond acceptors (Lipinski definition) is 22. The number of phenolic OH excluding ortho intramolecular Hbond substituents is 1. The first-order chi connectivity index (χ1) is 54.6. The molecule has 11 N–H and O–H groups in total. The van der Waals surface area contributed by atoms with Gasteiger partial charge in [0.15, 0.2) is 0 Å². The van der Waals surface area contributed by atoms with Crippen LogP contribution in [0.2, 0.25) is 0 Å². The summed E-state index contributed by atoms with van der Waals surface area (Å²) in [5.74, 6) is -5.34. The summed E-state index contributed by atoms with van der Waals surface area (Å²) in [5, 5.41) is 28.7. The van der Waals surface area contributed by atoms with Crippen LogP contribution >= 0.6 is 11.3 Å². The number of benzene rings is 2. The molecule has 33 nitrogen and oxygen atoms in total. The van der Waals surface area contributed by atoms with E-state index in [1.54, 1.807) is 68.8 Å². The molecule has 3 heterocycles. The Morgan fingerprint density at radius 1 is 0.711 bits per heavy atom. The number of likely N-dealkylation sites (N-methyl/N-ethyl adjacent to an activating group) is 1. The average molecular weight is 1620 g/mol. The van der Waals surface area contributed by atoms with Crippen LogP contribution in [0.3, 0.4) is 0 Å². The van der Waals surface area contributed by atoms with Crippen molar-refractivity contribution in [2.45, 2.75) is 202 Å². The van der Waals surface area contributed by atoms with Crippen molar-refractivity contribution < 1.29 is 91.1 Å². The van der Waals surface area contributed by atoms with Gasteiger partial charge in [0.2, 0.25) is 29.5 Å². The fraction of sp³-hybridized carbons (Fsp3) is 0.625. The number of carbonyl (C=O) groups excluding carboxylic acids is 12. The van der Waals surface area contributed by atoms with Gasteiger partial charge in [0.05, 0.1) is 51.6 Å². The number of thiazole rings is 1. The first-order valence-electron chi connectivity index (χ1n) is 39.8. The highest BCUT2D eigenvalue weighted by molar-refractivity contribution is 7.09. The number of carbonyl (C=O) groups is 12. The zero-order valence-corrected chi connectivity index (χ0v) is 68.6. The molecular formula is C80H122N14O19S. The Balaban J connectivity index is 0.974. The quantitative estimate of drug-likeness (QED) is 0.0114. The molecular weight excluding hydrogens is 1490 g/mol. The highest BCUT2D eigenvalue weighted by atomic mass is 32.1. The van der Waals surface area contributed by atoms with Crippen LogP contribution in [0.1, 0.15) is 185 Å². The number of nitrogens with zero attached hydrogens (tertiary/aromatic N) is 5. The third-order valence-electron chi connectivity index (χ3n) is 19.4. The molecule has 2 aliphatic rings. The maximum atomic E-state index is 14.8. The summed E-state index contributed by atoms with van der Waals surface area (Å²) in [5.41, 5.74) is 11.8. The predicted molar refractivity (Wildman–Crippen MR) is 428 cm³/mol. The van der Waals surface area contributed by atoms with E-state index in [4.69, 9.17) is 39.1 Å². The lowest BCUT2D eigenvalue weighted by Crippen LogP contribution is -2.54. The number of urea groups is 1. The number of hydrazine groups is 1. The van der Waals surface area contributed by atoms with Crippen molar-refractivity contribution >= 4 is 94.6 Å². The zero-order valence-electron chi connectivity index (χ0n) is 67.8. The Hall–Kier alpha value is -9.48. The highest BCUT2D eigenvalue weighted by Crippen LogP contribution is 2.33. The predicted octanol–water partition coefficient (Wildman–Crippen LogP) is 7.31. The molecule has 0 aliphatic carbocycles. The van der Waals surface area contributed by atoms with Crippen LogP contribution in [-0.4, -0.2) is 225 Å². The molecule has 632 valence electrons. The minimum atomic E-state index is -1.07. The van der Waals surface area contributed by atoms with Crippen LogP contribution in [0, 0.1) is 29.6 Å². The Morgan fingerprint density at radius 2 is 1.39 bits per heavy atom. The van der Waals surface area contributed by atoms with E-state index in [0.29, 0.717) is 67.9 Å². The summed E-state index contributed by atoms with van der Waals surface area (Å²) in [7, 11) is 1.94. The molecule has 13 amide bonds. The van der Waals surface area contributed by atoms with Crippen LogP contribution < -0.4 is 48.5 Å². The number of piperidine rings is 1. The van der Waals surface area contributed by atoms with Crippen LogP contribution in [-0.2, 0) is 79.8 Å². The van der Waals surface area contributed by atoms with Crippen molar-refractivity contribution in [1.29, 1.82) is 0 Å². The maximum Gasteiger partial charge on any atom is 0.426 e. The number of alkyl carbamates (subject to hydrolysis) is 1. The number of aromatic hydroxyl groups is 1. The maximum absolute atomic E-state index is 14.8. The number of phenols is 1. The first-order valence-corrected chi connectivity index (χ1v) is 40.7. The van der Waals surface area contributed by atoms with Gasteiger partial charge in [-0.1, -0.05) is 106 Å². The molecule has 5 rings (SSSR count). The second-order valence-corrected chi connectivity index (χ2v) is 30.1. The molecule has 3 aromatic rings. The van der Waals surface area contributed by atoms with Gasteiger partial charge >= 0.3 is 18.2 Å². The number of primary amides is 1. The van der Waals surface area contributed by atoms with Gasteiger partial charge < -0.3 is 76.1 Å². The second-order valence-electron chi connectivity index (χ2n) is 29.2. The number of aliphatic imine (C=N–C) groups is 1. The van der Waals surface area contributed by atoms with Crippen molar-refractivity contribution in [2.24, 2.45) is 40.3 Å². The van der Waals surface area contributed by atoms with Gasteiger partial charge in [0, 0.05) is 93.1 Å². The number of amides is 13. The average Bonchev–Trinajstić information content (AvgIpc) is 1.77. The third kappa shape index (κ3) is 34.7. The number of hydrogen-bond donors (Lipinski definition) is 10. The lowest BCUT2D eigenvalue weighted by molar-refractivity contribution is -0.139. The number of likely N-dealkylation sites (tertiary alicyclic amines) is 1. The van der Waals surface area contributed by atoms with Gasteiger partial charge in [-0.2, -0.15) is 0 Å². The lowest BCUT2D eigenvalue weighted by Gasteiger charge is -2.38. The summed E-state index contributed by atoms with van der Waals surface area (Å²) in [6.07, 6.45) is 9.51. The van der Waals surface area contributed by atoms with E-state index in [1.807, 2.05) is 44.5 Å². The molecule has 114 heavy (non-hydrogen) atoms. The largest absolute Gasteiger partial charge is 0.508 e. The Morgan fingerprint density at radius 3 is 2.03 bits per heavy atom. The Kier molecular flexibility index (Phi) is 43.5. The van der Waals surface area contributed by atoms with E-state index in [2.05, 4.69) is 61.6 Å². The van der Waals surface area contributed by atoms with Crippen molar-refractivity contribution in [1.82, 2.24) is 57.1 Å². The van der Waals surface area contributed by atoms with Crippen LogP contribution in [0.5, 0.6) is 5.75 Å². The van der Waals surface area contributed by atoms with Gasteiger partial charge in [-0.15, -0.1) is 11.3 Å². The van der Waals surface area contributed by atoms with E-state index in [1.165, 1.54) is 35.6 Å². The number of anilines is 1. The summed E-state index contributed by atoms with van der Waals surface area (Å²) in [4.78, 5) is 170. The summed E-state index contributed by atoms with van der Waals surface area (Å²) in [6, 6.07) is 8.98. The number of nitrogens with one attached hydrogen (secondary N) is 8. The van der Waals surface area contributed by atoms with Crippen LogP contribution in [0.4, 0.5) is 20.1 Å². The summed E-state index contributed by atoms with van der Waals surface area (Å²) in [6.45, 7) is 20.4. The topological polar surface area (TPSA) is 438 Å². The summed E-state index contributed by atoms with van der Waals surface area (Å²) < 4.78 is 33.5. The minimum Gasteiger partial charge on any atom is -0.508 e. The van der Waals surface area contributed by atoms with Gasteiger partial charge in [-0.3, -0.25) is 58.4 Å². The van der Waals surface area contributed by atoms with E-state index < -0.39 is 77.9 Å². The monoisotopic (exact) mass is 1610 g/mol. The molecule has 2 aromatic carbocycles.